The Balaban J connectivity index is 1.85. The minimum absolute atomic E-state index is 0.116. The number of rotatable bonds is 3. The maximum atomic E-state index is 13.7. The summed E-state index contributed by atoms with van der Waals surface area (Å²) in [6.07, 6.45) is 1.08. The maximum Gasteiger partial charge on any atom is 0.282 e. The van der Waals surface area contributed by atoms with Gasteiger partial charge in [-0.2, -0.15) is 10.1 Å². The van der Waals surface area contributed by atoms with E-state index in [1.807, 2.05) is 0 Å². The van der Waals surface area contributed by atoms with Crippen LogP contribution in [0, 0.1) is 15.9 Å². The standard InChI is InChI=1S/C19H10FN3O4/c20-15-7-2-1-4-11(15)10-21-22-18(24)13-6-3-5-12-16(23(26)27)9-8-14(17(12)13)19(22)25/h1-10H. The highest BCUT2D eigenvalue weighted by Gasteiger charge is 2.34. The average molecular weight is 363 g/mol. The number of carbonyl (C=O) groups is 2. The number of nitro benzene ring substituents is 1. The molecule has 3 aromatic carbocycles. The molecule has 0 unspecified atom stereocenters. The van der Waals surface area contributed by atoms with E-state index in [-0.39, 0.29) is 33.2 Å². The van der Waals surface area contributed by atoms with Crippen LogP contribution in [0.15, 0.2) is 59.7 Å². The van der Waals surface area contributed by atoms with Gasteiger partial charge in [-0.3, -0.25) is 19.7 Å². The summed E-state index contributed by atoms with van der Waals surface area (Å²) < 4.78 is 13.7. The molecule has 0 atom stereocenters. The van der Waals surface area contributed by atoms with E-state index in [2.05, 4.69) is 5.10 Å². The summed E-state index contributed by atoms with van der Waals surface area (Å²) in [6, 6.07) is 12.8. The van der Waals surface area contributed by atoms with Gasteiger partial charge in [0.25, 0.3) is 17.5 Å². The summed E-state index contributed by atoms with van der Waals surface area (Å²) in [6.45, 7) is 0. The zero-order chi connectivity index (χ0) is 19.1. The number of nitro groups is 1. The Morgan fingerprint density at radius 2 is 1.67 bits per heavy atom. The fraction of sp³-hybridized carbons (Fsp3) is 0. The summed E-state index contributed by atoms with van der Waals surface area (Å²) in [5.41, 5.74) is 0.165. The van der Waals surface area contributed by atoms with E-state index >= 15 is 0 Å². The monoisotopic (exact) mass is 363 g/mol. The zero-order valence-corrected chi connectivity index (χ0v) is 13.6. The lowest BCUT2D eigenvalue weighted by Crippen LogP contribution is -2.36. The normalized spacial score (nSPS) is 13.6. The number of imide groups is 1. The Morgan fingerprint density at radius 3 is 2.37 bits per heavy atom. The van der Waals surface area contributed by atoms with Crippen LogP contribution in [0.1, 0.15) is 26.3 Å². The number of hydrogen-bond acceptors (Lipinski definition) is 5. The van der Waals surface area contributed by atoms with Crippen LogP contribution in [0.25, 0.3) is 10.8 Å². The molecular formula is C19H10FN3O4. The molecular weight excluding hydrogens is 353 g/mol. The minimum Gasteiger partial charge on any atom is -0.267 e. The molecule has 0 spiro atoms. The van der Waals surface area contributed by atoms with Crippen molar-refractivity contribution in [2.24, 2.45) is 5.10 Å². The molecule has 0 radical (unpaired) electrons. The molecule has 0 aliphatic carbocycles. The Kier molecular flexibility index (Phi) is 3.73. The van der Waals surface area contributed by atoms with Crippen LogP contribution < -0.4 is 0 Å². The van der Waals surface area contributed by atoms with Crippen molar-refractivity contribution in [3.05, 3.63) is 87.2 Å². The molecule has 0 aromatic heterocycles. The molecule has 0 saturated carbocycles. The van der Waals surface area contributed by atoms with Crippen molar-refractivity contribution in [2.75, 3.05) is 0 Å². The molecule has 2 amide bonds. The first-order valence-corrected chi connectivity index (χ1v) is 7.86. The van der Waals surface area contributed by atoms with Crippen molar-refractivity contribution < 1.29 is 18.9 Å². The van der Waals surface area contributed by atoms with Gasteiger partial charge in [0, 0.05) is 17.0 Å². The van der Waals surface area contributed by atoms with E-state index in [4.69, 9.17) is 0 Å². The van der Waals surface area contributed by atoms with Crippen LogP contribution in [0.4, 0.5) is 10.1 Å². The Labute approximate surface area is 151 Å². The molecule has 132 valence electrons. The quantitative estimate of drug-likeness (QED) is 0.308. The molecule has 1 heterocycles. The highest BCUT2D eigenvalue weighted by Crippen LogP contribution is 2.35. The van der Waals surface area contributed by atoms with Crippen LogP contribution in [-0.4, -0.2) is 28.0 Å². The largest absolute Gasteiger partial charge is 0.282 e. The number of hydrogen-bond donors (Lipinski definition) is 0. The van der Waals surface area contributed by atoms with E-state index in [9.17, 15) is 24.1 Å². The van der Waals surface area contributed by atoms with E-state index in [0.717, 1.165) is 6.21 Å². The number of carbonyl (C=O) groups excluding carboxylic acids is 2. The van der Waals surface area contributed by atoms with Gasteiger partial charge in [0.05, 0.1) is 27.7 Å². The van der Waals surface area contributed by atoms with Crippen LogP contribution in [-0.2, 0) is 0 Å². The molecule has 1 aliphatic heterocycles. The molecule has 8 heteroatoms. The molecule has 27 heavy (non-hydrogen) atoms. The van der Waals surface area contributed by atoms with Gasteiger partial charge in [-0.25, -0.2) is 4.39 Å². The van der Waals surface area contributed by atoms with Crippen LogP contribution in [0.2, 0.25) is 0 Å². The zero-order valence-electron chi connectivity index (χ0n) is 13.6. The number of hydrazone groups is 1. The van der Waals surface area contributed by atoms with E-state index in [0.29, 0.717) is 5.01 Å². The molecule has 0 saturated heterocycles. The first-order valence-electron chi connectivity index (χ1n) is 7.86. The Hall–Kier alpha value is -3.94. The highest BCUT2D eigenvalue weighted by molar-refractivity contribution is 6.26. The van der Waals surface area contributed by atoms with Crippen molar-refractivity contribution in [3.63, 3.8) is 0 Å². The van der Waals surface area contributed by atoms with Gasteiger partial charge < -0.3 is 0 Å². The molecule has 1 aliphatic rings. The van der Waals surface area contributed by atoms with Gasteiger partial charge in [-0.05, 0) is 24.3 Å². The van der Waals surface area contributed by atoms with E-state index < -0.39 is 22.6 Å². The van der Waals surface area contributed by atoms with Crippen molar-refractivity contribution in [1.82, 2.24) is 5.01 Å². The number of amides is 2. The van der Waals surface area contributed by atoms with Gasteiger partial charge in [0.1, 0.15) is 5.82 Å². The SMILES string of the molecule is O=C1c2cccc3c([N+](=O)[O-])ccc(c23)C(=O)N1N=Cc1ccccc1F. The van der Waals surface area contributed by atoms with Crippen LogP contribution >= 0.6 is 0 Å². The smallest absolute Gasteiger partial charge is 0.267 e. The summed E-state index contributed by atoms with van der Waals surface area (Å²) in [7, 11) is 0. The van der Waals surface area contributed by atoms with Gasteiger partial charge in [-0.15, -0.1) is 0 Å². The van der Waals surface area contributed by atoms with Gasteiger partial charge >= 0.3 is 0 Å². The lowest BCUT2D eigenvalue weighted by Gasteiger charge is -2.22. The number of nitrogens with zero attached hydrogens (tertiary/aromatic N) is 3. The van der Waals surface area contributed by atoms with Crippen molar-refractivity contribution in [1.29, 1.82) is 0 Å². The van der Waals surface area contributed by atoms with Crippen LogP contribution in [0.5, 0.6) is 0 Å². The number of non-ortho nitro benzene ring substituents is 1. The van der Waals surface area contributed by atoms with Gasteiger partial charge in [0.2, 0.25) is 0 Å². The predicted molar refractivity (Wildman–Crippen MR) is 95.1 cm³/mol. The third-order valence-electron chi connectivity index (χ3n) is 4.28. The topological polar surface area (TPSA) is 92.9 Å². The molecule has 3 aromatic rings. The van der Waals surface area contributed by atoms with Crippen molar-refractivity contribution in [2.45, 2.75) is 0 Å². The Bertz CT molecular complexity index is 1150. The molecule has 7 nitrogen and oxygen atoms in total. The summed E-state index contributed by atoms with van der Waals surface area (Å²) in [5.74, 6) is -2.01. The second kappa shape index (κ2) is 6.10. The minimum atomic E-state index is -0.730. The lowest BCUT2D eigenvalue weighted by molar-refractivity contribution is -0.383. The number of benzene rings is 3. The van der Waals surface area contributed by atoms with Crippen molar-refractivity contribution >= 4 is 34.5 Å². The summed E-state index contributed by atoms with van der Waals surface area (Å²) in [5, 5.41) is 16.1. The van der Waals surface area contributed by atoms with E-state index in [1.54, 1.807) is 6.07 Å². The van der Waals surface area contributed by atoms with Gasteiger partial charge in [-0.1, -0.05) is 24.3 Å². The maximum absolute atomic E-state index is 13.7. The molecule has 0 fully saturated rings. The Morgan fingerprint density at radius 1 is 0.963 bits per heavy atom. The fourth-order valence-corrected chi connectivity index (χ4v) is 3.03. The molecule has 0 N–H and O–H groups in total. The van der Waals surface area contributed by atoms with E-state index in [1.165, 1.54) is 48.5 Å². The third-order valence-corrected chi connectivity index (χ3v) is 4.28. The first kappa shape index (κ1) is 16.5. The summed E-state index contributed by atoms with van der Waals surface area (Å²) >= 11 is 0. The van der Waals surface area contributed by atoms with Crippen LogP contribution in [0.3, 0.4) is 0 Å². The highest BCUT2D eigenvalue weighted by atomic mass is 19.1. The fourth-order valence-electron chi connectivity index (χ4n) is 3.03. The second-order valence-electron chi connectivity index (χ2n) is 5.81. The second-order valence-corrected chi connectivity index (χ2v) is 5.81. The number of halogens is 1. The lowest BCUT2D eigenvalue weighted by atomic mass is 9.94. The summed E-state index contributed by atoms with van der Waals surface area (Å²) in [4.78, 5) is 36.1. The first-order chi connectivity index (χ1) is 13.0. The third kappa shape index (κ3) is 2.54. The molecule has 4 rings (SSSR count). The van der Waals surface area contributed by atoms with Gasteiger partial charge in [0.15, 0.2) is 0 Å². The molecule has 0 bridgehead atoms. The van der Waals surface area contributed by atoms with Crippen molar-refractivity contribution in [3.8, 4) is 0 Å². The average Bonchev–Trinajstić information content (AvgIpc) is 2.66. The predicted octanol–water partition coefficient (Wildman–Crippen LogP) is 3.52.